The fraction of sp³-hybridized carbons (Fsp3) is 0.455. The normalized spacial score (nSPS) is 18.1. The van der Waals surface area contributed by atoms with Crippen molar-refractivity contribution in [3.63, 3.8) is 0 Å². The van der Waals surface area contributed by atoms with E-state index in [1.54, 1.807) is 30.5 Å². The van der Waals surface area contributed by atoms with Gasteiger partial charge in [-0.1, -0.05) is 0 Å². The highest BCUT2D eigenvalue weighted by atomic mass is 16.5. The Balaban J connectivity index is 1.57. The van der Waals surface area contributed by atoms with Crippen LogP contribution in [0.5, 0.6) is 11.8 Å². The standard InChI is InChI=1S/C22H28N4O5/c1-30-19-8-7-17(21(26-19)31-2)18-11-16(9-10-23-18)20(27)24-12-14-3-5-15(6-4-14)13-25-22(28)29/h7-11,14-15,25H,3-6,12-13H2,1-2H3,(H,24,27)(H,28,29). The van der Waals surface area contributed by atoms with Crippen LogP contribution in [0.1, 0.15) is 36.0 Å². The number of carbonyl (C=O) groups excluding carboxylic acids is 1. The third kappa shape index (κ3) is 6.07. The lowest BCUT2D eigenvalue weighted by atomic mass is 9.82. The molecule has 1 saturated carbocycles. The summed E-state index contributed by atoms with van der Waals surface area (Å²) in [6.45, 7) is 1.10. The maximum Gasteiger partial charge on any atom is 0.404 e. The van der Waals surface area contributed by atoms with Crippen molar-refractivity contribution in [1.82, 2.24) is 20.6 Å². The van der Waals surface area contributed by atoms with Gasteiger partial charge in [0.2, 0.25) is 11.8 Å². The molecule has 2 heterocycles. The van der Waals surface area contributed by atoms with E-state index < -0.39 is 6.09 Å². The van der Waals surface area contributed by atoms with Gasteiger partial charge in [-0.3, -0.25) is 9.78 Å². The third-order valence-electron chi connectivity index (χ3n) is 5.59. The molecule has 2 aromatic heterocycles. The molecule has 3 N–H and O–H groups in total. The van der Waals surface area contributed by atoms with E-state index in [1.807, 2.05) is 0 Å². The summed E-state index contributed by atoms with van der Waals surface area (Å²) in [5.74, 6) is 1.43. The van der Waals surface area contributed by atoms with Crippen molar-refractivity contribution >= 4 is 12.0 Å². The van der Waals surface area contributed by atoms with Crippen LogP contribution >= 0.6 is 0 Å². The quantitative estimate of drug-likeness (QED) is 0.591. The SMILES string of the molecule is COc1ccc(-c2cc(C(=O)NCC3CCC(CNC(=O)O)CC3)ccn2)c(OC)n1. The average molecular weight is 428 g/mol. The van der Waals surface area contributed by atoms with Crippen molar-refractivity contribution in [1.29, 1.82) is 0 Å². The summed E-state index contributed by atoms with van der Waals surface area (Å²) < 4.78 is 10.5. The van der Waals surface area contributed by atoms with Crippen LogP contribution in [0.25, 0.3) is 11.3 Å². The first-order chi connectivity index (χ1) is 15.0. The van der Waals surface area contributed by atoms with E-state index in [9.17, 15) is 9.59 Å². The number of nitrogens with one attached hydrogen (secondary N) is 2. The van der Waals surface area contributed by atoms with E-state index in [-0.39, 0.29) is 5.91 Å². The molecular formula is C22H28N4O5. The zero-order chi connectivity index (χ0) is 22.2. The van der Waals surface area contributed by atoms with Gasteiger partial charge in [0.25, 0.3) is 5.91 Å². The van der Waals surface area contributed by atoms with Gasteiger partial charge < -0.3 is 25.2 Å². The van der Waals surface area contributed by atoms with Crippen molar-refractivity contribution in [2.24, 2.45) is 11.8 Å². The van der Waals surface area contributed by atoms with E-state index in [0.29, 0.717) is 53.5 Å². The highest BCUT2D eigenvalue weighted by Crippen LogP contribution is 2.30. The molecule has 0 atom stereocenters. The van der Waals surface area contributed by atoms with Crippen molar-refractivity contribution in [3.05, 3.63) is 36.0 Å². The fourth-order valence-corrected chi connectivity index (χ4v) is 3.82. The molecule has 0 aromatic carbocycles. The molecule has 2 aromatic rings. The summed E-state index contributed by atoms with van der Waals surface area (Å²) in [5.41, 5.74) is 1.78. The van der Waals surface area contributed by atoms with Gasteiger partial charge in [0.15, 0.2) is 0 Å². The minimum Gasteiger partial charge on any atom is -0.481 e. The fourth-order valence-electron chi connectivity index (χ4n) is 3.82. The number of aromatic nitrogens is 2. The molecule has 9 nitrogen and oxygen atoms in total. The predicted octanol–water partition coefficient (Wildman–Crippen LogP) is 2.96. The topological polar surface area (TPSA) is 123 Å². The molecule has 0 bridgehead atoms. The van der Waals surface area contributed by atoms with Gasteiger partial charge in [-0.05, 0) is 55.7 Å². The van der Waals surface area contributed by atoms with E-state index >= 15 is 0 Å². The van der Waals surface area contributed by atoms with Crippen LogP contribution in [0.3, 0.4) is 0 Å². The third-order valence-corrected chi connectivity index (χ3v) is 5.59. The Bertz CT molecular complexity index is 913. The molecule has 0 saturated heterocycles. The Morgan fingerprint density at radius 1 is 1.03 bits per heavy atom. The van der Waals surface area contributed by atoms with Gasteiger partial charge in [-0.25, -0.2) is 4.79 Å². The second kappa shape index (κ2) is 10.6. The summed E-state index contributed by atoms with van der Waals surface area (Å²) in [6, 6.07) is 6.91. The van der Waals surface area contributed by atoms with Crippen LogP contribution < -0.4 is 20.1 Å². The number of carboxylic acid groups (broad SMARTS) is 1. The number of rotatable bonds is 8. The van der Waals surface area contributed by atoms with Gasteiger partial charge in [-0.2, -0.15) is 4.98 Å². The van der Waals surface area contributed by atoms with Crippen LogP contribution in [0.4, 0.5) is 4.79 Å². The summed E-state index contributed by atoms with van der Waals surface area (Å²) in [6.07, 6.45) is 4.49. The molecule has 0 radical (unpaired) electrons. The first-order valence-electron chi connectivity index (χ1n) is 10.3. The summed E-state index contributed by atoms with van der Waals surface area (Å²) in [4.78, 5) is 31.9. The van der Waals surface area contributed by atoms with Gasteiger partial charge in [-0.15, -0.1) is 0 Å². The monoisotopic (exact) mass is 428 g/mol. The number of nitrogens with zero attached hydrogens (tertiary/aromatic N) is 2. The van der Waals surface area contributed by atoms with Crippen LogP contribution in [0.2, 0.25) is 0 Å². The number of hydrogen-bond acceptors (Lipinski definition) is 6. The van der Waals surface area contributed by atoms with E-state index in [1.165, 1.54) is 14.2 Å². The maximum absolute atomic E-state index is 12.7. The summed E-state index contributed by atoms with van der Waals surface area (Å²) in [5, 5.41) is 14.2. The highest BCUT2D eigenvalue weighted by molar-refractivity contribution is 5.95. The number of pyridine rings is 2. The maximum atomic E-state index is 12.7. The van der Waals surface area contributed by atoms with Crippen molar-refractivity contribution in [3.8, 4) is 23.0 Å². The molecule has 0 aliphatic heterocycles. The molecule has 1 aliphatic rings. The highest BCUT2D eigenvalue weighted by Gasteiger charge is 2.22. The molecule has 31 heavy (non-hydrogen) atoms. The lowest BCUT2D eigenvalue weighted by Crippen LogP contribution is -2.34. The molecule has 0 spiro atoms. The van der Waals surface area contributed by atoms with Crippen LogP contribution in [0, 0.1) is 11.8 Å². The molecule has 2 amide bonds. The molecule has 166 valence electrons. The van der Waals surface area contributed by atoms with Crippen LogP contribution in [-0.4, -0.2) is 54.4 Å². The first kappa shape index (κ1) is 22.3. The van der Waals surface area contributed by atoms with Gasteiger partial charge >= 0.3 is 6.09 Å². The largest absolute Gasteiger partial charge is 0.481 e. The minimum atomic E-state index is -0.978. The van der Waals surface area contributed by atoms with Gasteiger partial charge in [0.1, 0.15) is 0 Å². The van der Waals surface area contributed by atoms with E-state index in [4.69, 9.17) is 14.6 Å². The zero-order valence-corrected chi connectivity index (χ0v) is 17.8. The number of carbonyl (C=O) groups is 2. The molecule has 1 fully saturated rings. The smallest absolute Gasteiger partial charge is 0.404 e. The summed E-state index contributed by atoms with van der Waals surface area (Å²) in [7, 11) is 3.05. The van der Waals surface area contributed by atoms with Crippen LogP contribution in [0.15, 0.2) is 30.5 Å². The molecule has 3 rings (SSSR count). The first-order valence-corrected chi connectivity index (χ1v) is 10.3. The predicted molar refractivity (Wildman–Crippen MR) is 114 cm³/mol. The Morgan fingerprint density at radius 2 is 1.71 bits per heavy atom. The lowest BCUT2D eigenvalue weighted by Gasteiger charge is -2.28. The van der Waals surface area contributed by atoms with Gasteiger partial charge in [0.05, 0.1) is 25.5 Å². The molecule has 1 aliphatic carbocycles. The molecular weight excluding hydrogens is 400 g/mol. The van der Waals surface area contributed by atoms with Gasteiger partial charge in [0, 0.05) is 30.9 Å². The Labute approximate surface area is 181 Å². The zero-order valence-electron chi connectivity index (χ0n) is 17.8. The van der Waals surface area contributed by atoms with Crippen molar-refractivity contribution in [2.75, 3.05) is 27.3 Å². The average Bonchev–Trinajstić information content (AvgIpc) is 2.81. The number of methoxy groups -OCH3 is 2. The van der Waals surface area contributed by atoms with E-state index in [2.05, 4.69) is 20.6 Å². The second-order valence-electron chi connectivity index (χ2n) is 7.62. The van der Waals surface area contributed by atoms with E-state index in [0.717, 1.165) is 25.7 Å². The van der Waals surface area contributed by atoms with Crippen LogP contribution in [-0.2, 0) is 0 Å². The van der Waals surface area contributed by atoms with Crippen molar-refractivity contribution < 1.29 is 24.2 Å². The second-order valence-corrected chi connectivity index (χ2v) is 7.62. The molecule has 9 heteroatoms. The number of hydrogen-bond donors (Lipinski definition) is 3. The van der Waals surface area contributed by atoms with Crippen molar-refractivity contribution in [2.45, 2.75) is 25.7 Å². The Hall–Kier alpha value is -3.36. The lowest BCUT2D eigenvalue weighted by molar-refractivity contribution is 0.0940. The number of amides is 2. The summed E-state index contributed by atoms with van der Waals surface area (Å²) >= 11 is 0. The number of ether oxygens (including phenoxy) is 2. The Morgan fingerprint density at radius 3 is 2.32 bits per heavy atom. The minimum absolute atomic E-state index is 0.154. The Kier molecular flexibility index (Phi) is 7.64. The molecule has 0 unspecified atom stereocenters.